The van der Waals surface area contributed by atoms with Gasteiger partial charge < -0.3 is 18.8 Å². The molecule has 1 saturated heterocycles. The Morgan fingerprint density at radius 1 is 1.40 bits per heavy atom. The molecule has 1 aliphatic heterocycles. The van der Waals surface area contributed by atoms with E-state index in [1.54, 1.807) is 26.2 Å². The second kappa shape index (κ2) is 7.76. The summed E-state index contributed by atoms with van der Waals surface area (Å²) in [6, 6.07) is 7.32. The molecule has 0 spiro atoms. The molecule has 0 saturated carbocycles. The molecule has 7 heteroatoms. The topological polar surface area (TPSA) is 77.7 Å². The Morgan fingerprint density at radius 2 is 2.24 bits per heavy atom. The second-order valence-electron chi connectivity index (χ2n) is 6.13. The molecule has 2 heterocycles. The quantitative estimate of drug-likeness (QED) is 0.799. The Balaban J connectivity index is 1.86. The molecule has 2 atom stereocenters. The second-order valence-corrected chi connectivity index (χ2v) is 6.13. The van der Waals surface area contributed by atoms with Crippen molar-refractivity contribution in [3.8, 4) is 11.5 Å². The highest BCUT2D eigenvalue weighted by Crippen LogP contribution is 2.24. The van der Waals surface area contributed by atoms with Crippen LogP contribution < -0.4 is 0 Å². The first-order valence-corrected chi connectivity index (χ1v) is 8.42. The minimum atomic E-state index is -0.0440. The highest BCUT2D eigenvalue weighted by Gasteiger charge is 2.33. The third-order valence-corrected chi connectivity index (χ3v) is 4.42. The zero-order valence-electron chi connectivity index (χ0n) is 14.8. The summed E-state index contributed by atoms with van der Waals surface area (Å²) in [6.07, 6.45) is 0.849. The van der Waals surface area contributed by atoms with Crippen LogP contribution in [0.1, 0.15) is 29.6 Å². The van der Waals surface area contributed by atoms with Gasteiger partial charge in [0.2, 0.25) is 11.8 Å². The number of benzene rings is 1. The maximum absolute atomic E-state index is 13.1. The van der Waals surface area contributed by atoms with Gasteiger partial charge in [-0.2, -0.15) is 0 Å². The fraction of sp³-hybridized carbons (Fsp3) is 0.500. The summed E-state index contributed by atoms with van der Waals surface area (Å²) in [5.74, 6) is 0.857. The van der Waals surface area contributed by atoms with Crippen LogP contribution in [0.15, 0.2) is 28.7 Å². The van der Waals surface area contributed by atoms with Gasteiger partial charge >= 0.3 is 0 Å². The Morgan fingerprint density at radius 3 is 2.88 bits per heavy atom. The minimum absolute atomic E-state index is 0.0163. The average molecular weight is 345 g/mol. The van der Waals surface area contributed by atoms with Gasteiger partial charge in [0.25, 0.3) is 5.91 Å². The van der Waals surface area contributed by atoms with Gasteiger partial charge in [-0.15, -0.1) is 10.2 Å². The van der Waals surface area contributed by atoms with Crippen LogP contribution in [0.4, 0.5) is 0 Å². The van der Waals surface area contributed by atoms with Gasteiger partial charge in [0, 0.05) is 38.3 Å². The van der Waals surface area contributed by atoms with Gasteiger partial charge in [-0.05, 0) is 31.5 Å². The fourth-order valence-corrected chi connectivity index (χ4v) is 3.10. The van der Waals surface area contributed by atoms with Crippen LogP contribution in [-0.4, -0.2) is 60.0 Å². The van der Waals surface area contributed by atoms with Gasteiger partial charge in [-0.25, -0.2) is 0 Å². The molecule has 1 amide bonds. The van der Waals surface area contributed by atoms with E-state index in [4.69, 9.17) is 13.9 Å². The third kappa shape index (κ3) is 3.88. The van der Waals surface area contributed by atoms with E-state index in [1.165, 1.54) is 0 Å². The predicted octanol–water partition coefficient (Wildman–Crippen LogP) is 2.31. The van der Waals surface area contributed by atoms with Gasteiger partial charge in [0.15, 0.2) is 0 Å². The van der Waals surface area contributed by atoms with E-state index in [0.29, 0.717) is 37.1 Å². The molecule has 0 radical (unpaired) electrons. The molecule has 1 aromatic heterocycles. The Kier molecular flexibility index (Phi) is 5.45. The molecule has 1 aliphatic rings. The number of rotatable bonds is 6. The number of aryl methyl sites for hydroxylation is 1. The van der Waals surface area contributed by atoms with Gasteiger partial charge in [-0.1, -0.05) is 6.07 Å². The fourth-order valence-electron chi connectivity index (χ4n) is 3.10. The molecule has 0 aliphatic carbocycles. The zero-order valence-corrected chi connectivity index (χ0v) is 14.8. The van der Waals surface area contributed by atoms with Crippen molar-refractivity contribution in [1.29, 1.82) is 0 Å². The first-order chi connectivity index (χ1) is 12.1. The Labute approximate surface area is 146 Å². The van der Waals surface area contributed by atoms with Crippen molar-refractivity contribution in [3.63, 3.8) is 0 Å². The standard InChI is InChI=1S/C18H23N3O4/c1-12-16(7-9-24-12)21(8-10-23-3)18(22)15-6-4-5-14(11-15)17-20-19-13(2)25-17/h4-6,11-12,16H,7-10H2,1-3H3/t12-,16+/m1/s1. The smallest absolute Gasteiger partial charge is 0.254 e. The van der Waals surface area contributed by atoms with Crippen LogP contribution in [0, 0.1) is 6.92 Å². The van der Waals surface area contributed by atoms with E-state index < -0.39 is 0 Å². The molecule has 2 aromatic rings. The van der Waals surface area contributed by atoms with Gasteiger partial charge in [0.05, 0.1) is 18.8 Å². The monoisotopic (exact) mass is 345 g/mol. The third-order valence-electron chi connectivity index (χ3n) is 4.42. The van der Waals surface area contributed by atoms with Crippen LogP contribution in [-0.2, 0) is 9.47 Å². The van der Waals surface area contributed by atoms with Crippen molar-refractivity contribution in [1.82, 2.24) is 15.1 Å². The van der Waals surface area contributed by atoms with Gasteiger partial charge in [-0.3, -0.25) is 4.79 Å². The number of nitrogens with zero attached hydrogens (tertiary/aromatic N) is 3. The average Bonchev–Trinajstić information content (AvgIpc) is 3.24. The largest absolute Gasteiger partial charge is 0.421 e. The maximum atomic E-state index is 13.1. The lowest BCUT2D eigenvalue weighted by molar-refractivity contribution is 0.0425. The van der Waals surface area contributed by atoms with Gasteiger partial charge in [0.1, 0.15) is 0 Å². The molecule has 3 rings (SSSR count). The number of carbonyl (C=O) groups excluding carboxylic acids is 1. The van der Waals surface area contributed by atoms with Crippen molar-refractivity contribution >= 4 is 5.91 Å². The molecule has 134 valence electrons. The number of aromatic nitrogens is 2. The molecule has 0 unspecified atom stereocenters. The SMILES string of the molecule is COCCN(C(=O)c1cccc(-c2nnc(C)o2)c1)[C@H]1CCO[C@@H]1C. The summed E-state index contributed by atoms with van der Waals surface area (Å²) >= 11 is 0. The lowest BCUT2D eigenvalue weighted by Crippen LogP contribution is -2.45. The lowest BCUT2D eigenvalue weighted by atomic mass is 10.1. The summed E-state index contributed by atoms with van der Waals surface area (Å²) in [5, 5.41) is 7.86. The summed E-state index contributed by atoms with van der Waals surface area (Å²) in [4.78, 5) is 15.0. The Bertz CT molecular complexity index is 731. The number of methoxy groups -OCH3 is 1. The number of carbonyl (C=O) groups is 1. The van der Waals surface area contributed by atoms with Crippen LogP contribution in [0.2, 0.25) is 0 Å². The summed E-state index contributed by atoms with van der Waals surface area (Å²) in [6.45, 7) is 5.42. The molecule has 7 nitrogen and oxygen atoms in total. The van der Waals surface area contributed by atoms with Crippen molar-refractivity contribution in [2.75, 3.05) is 26.9 Å². The number of ether oxygens (including phenoxy) is 2. The molecular weight excluding hydrogens is 322 g/mol. The number of hydrogen-bond acceptors (Lipinski definition) is 6. The minimum Gasteiger partial charge on any atom is -0.421 e. The molecule has 0 bridgehead atoms. The summed E-state index contributed by atoms with van der Waals surface area (Å²) < 4.78 is 16.3. The van der Waals surface area contributed by atoms with Crippen molar-refractivity contribution in [2.24, 2.45) is 0 Å². The van der Waals surface area contributed by atoms with Crippen LogP contribution >= 0.6 is 0 Å². The number of hydrogen-bond donors (Lipinski definition) is 0. The number of amides is 1. The van der Waals surface area contributed by atoms with E-state index in [2.05, 4.69) is 10.2 Å². The van der Waals surface area contributed by atoms with Crippen molar-refractivity contribution in [2.45, 2.75) is 32.4 Å². The molecule has 25 heavy (non-hydrogen) atoms. The molecular formula is C18H23N3O4. The van der Waals surface area contributed by atoms with Crippen LogP contribution in [0.3, 0.4) is 0 Å². The molecule has 1 fully saturated rings. The molecule has 1 aromatic carbocycles. The predicted molar refractivity (Wildman–Crippen MR) is 91.2 cm³/mol. The first-order valence-electron chi connectivity index (χ1n) is 8.42. The van der Waals surface area contributed by atoms with E-state index in [1.807, 2.05) is 24.0 Å². The van der Waals surface area contributed by atoms with Crippen LogP contribution in [0.25, 0.3) is 11.5 Å². The highest BCUT2D eigenvalue weighted by molar-refractivity contribution is 5.95. The summed E-state index contributed by atoms with van der Waals surface area (Å²) in [7, 11) is 1.63. The zero-order chi connectivity index (χ0) is 17.8. The molecule has 0 N–H and O–H groups in total. The van der Waals surface area contributed by atoms with E-state index in [-0.39, 0.29) is 18.1 Å². The lowest BCUT2D eigenvalue weighted by Gasteiger charge is -2.30. The van der Waals surface area contributed by atoms with Crippen molar-refractivity contribution < 1.29 is 18.7 Å². The Hall–Kier alpha value is -2.25. The highest BCUT2D eigenvalue weighted by atomic mass is 16.5. The first kappa shape index (κ1) is 17.6. The maximum Gasteiger partial charge on any atom is 0.254 e. The van der Waals surface area contributed by atoms with E-state index in [0.717, 1.165) is 12.0 Å². The van der Waals surface area contributed by atoms with E-state index in [9.17, 15) is 4.79 Å². The summed E-state index contributed by atoms with van der Waals surface area (Å²) in [5.41, 5.74) is 1.32. The van der Waals surface area contributed by atoms with Crippen molar-refractivity contribution in [3.05, 3.63) is 35.7 Å². The van der Waals surface area contributed by atoms with E-state index >= 15 is 0 Å². The normalized spacial score (nSPS) is 20.0. The van der Waals surface area contributed by atoms with Crippen LogP contribution in [0.5, 0.6) is 0 Å².